The fourth-order valence-corrected chi connectivity index (χ4v) is 3.38. The summed E-state index contributed by atoms with van der Waals surface area (Å²) >= 11 is 0. The Kier molecular flexibility index (Phi) is 5.48. The van der Waals surface area contributed by atoms with Crippen LogP contribution in [0.5, 0.6) is 11.5 Å². The molecule has 2 N–H and O–H groups in total. The number of hydrogen-bond acceptors (Lipinski definition) is 2. The molecule has 0 heterocycles. The number of hydrogen-bond donors (Lipinski definition) is 2. The number of phenolic OH excluding ortho intramolecular Hbond substituents is 2. The normalized spacial score (nSPS) is 11.5. The van der Waals surface area contributed by atoms with Crippen LogP contribution in [0.15, 0.2) is 48.5 Å². The van der Waals surface area contributed by atoms with E-state index in [1.54, 1.807) is 12.1 Å². The van der Waals surface area contributed by atoms with E-state index >= 15 is 0 Å². The summed E-state index contributed by atoms with van der Waals surface area (Å²) in [6, 6.07) is 15.2. The zero-order chi connectivity index (χ0) is 16.0. The molecule has 0 saturated carbocycles. The molecule has 2 aromatic rings. The first kappa shape index (κ1) is 16.4. The van der Waals surface area contributed by atoms with Gasteiger partial charge in [0.1, 0.15) is 11.5 Å². The molecule has 0 amide bonds. The van der Waals surface area contributed by atoms with E-state index in [0.29, 0.717) is 11.5 Å². The smallest absolute Gasteiger partial charge is 0.115 e. The molecule has 0 saturated heterocycles. The number of benzene rings is 2. The van der Waals surface area contributed by atoms with Crippen LogP contribution in [-0.2, 0) is 5.41 Å². The lowest BCUT2D eigenvalue weighted by Gasteiger charge is -2.35. The quantitative estimate of drug-likeness (QED) is 0.721. The van der Waals surface area contributed by atoms with Crippen molar-refractivity contribution in [2.45, 2.75) is 51.4 Å². The summed E-state index contributed by atoms with van der Waals surface area (Å²) in [5, 5.41) is 19.8. The van der Waals surface area contributed by atoms with Gasteiger partial charge in [-0.05, 0) is 48.2 Å². The van der Waals surface area contributed by atoms with Crippen molar-refractivity contribution in [3.05, 3.63) is 59.7 Å². The van der Waals surface area contributed by atoms with Crippen molar-refractivity contribution in [3.63, 3.8) is 0 Å². The average Bonchev–Trinajstić information content (AvgIpc) is 2.51. The van der Waals surface area contributed by atoms with Crippen molar-refractivity contribution in [1.82, 2.24) is 0 Å². The monoisotopic (exact) mass is 298 g/mol. The fourth-order valence-electron chi connectivity index (χ4n) is 3.38. The standard InChI is InChI=1S/C20H26O2/c1-3-5-13-20(12-4-2,16-8-6-10-18(21)14-16)17-9-7-11-19(22)15-17/h6-11,14-15,21-22H,3-5,12-13H2,1-2H3. The van der Waals surface area contributed by atoms with Crippen LogP contribution in [0.4, 0.5) is 0 Å². The Balaban J connectivity index is 2.59. The molecule has 2 rings (SSSR count). The Hall–Kier alpha value is -1.96. The number of unbranched alkanes of at least 4 members (excludes halogenated alkanes) is 1. The molecule has 0 aromatic heterocycles. The molecule has 0 unspecified atom stereocenters. The van der Waals surface area contributed by atoms with Crippen LogP contribution in [0, 0.1) is 0 Å². The molecule has 118 valence electrons. The maximum absolute atomic E-state index is 9.92. The summed E-state index contributed by atoms with van der Waals surface area (Å²) in [7, 11) is 0. The largest absolute Gasteiger partial charge is 0.508 e. The predicted molar refractivity (Wildman–Crippen MR) is 91.4 cm³/mol. The van der Waals surface area contributed by atoms with Gasteiger partial charge in [0.05, 0.1) is 0 Å². The lowest BCUT2D eigenvalue weighted by molar-refractivity contribution is 0.407. The van der Waals surface area contributed by atoms with Crippen molar-refractivity contribution in [2.75, 3.05) is 0 Å². The lowest BCUT2D eigenvalue weighted by atomic mass is 9.68. The minimum Gasteiger partial charge on any atom is -0.508 e. The molecule has 0 fully saturated rings. The van der Waals surface area contributed by atoms with Gasteiger partial charge in [0.15, 0.2) is 0 Å². The van der Waals surface area contributed by atoms with Gasteiger partial charge in [0.25, 0.3) is 0 Å². The van der Waals surface area contributed by atoms with Gasteiger partial charge in [-0.3, -0.25) is 0 Å². The third-order valence-corrected chi connectivity index (χ3v) is 4.43. The Bertz CT molecular complexity index is 559. The minimum atomic E-state index is -0.151. The first-order valence-electron chi connectivity index (χ1n) is 8.21. The molecule has 22 heavy (non-hydrogen) atoms. The maximum atomic E-state index is 9.92. The Morgan fingerprint density at radius 3 is 1.73 bits per heavy atom. The zero-order valence-electron chi connectivity index (χ0n) is 13.5. The molecule has 0 atom stereocenters. The summed E-state index contributed by atoms with van der Waals surface area (Å²) in [5.74, 6) is 0.601. The van der Waals surface area contributed by atoms with Crippen molar-refractivity contribution < 1.29 is 10.2 Å². The highest BCUT2D eigenvalue weighted by Crippen LogP contribution is 2.43. The second-order valence-corrected chi connectivity index (χ2v) is 6.04. The highest BCUT2D eigenvalue weighted by Gasteiger charge is 2.33. The molecule has 2 heteroatoms. The van der Waals surface area contributed by atoms with E-state index in [9.17, 15) is 10.2 Å². The molecule has 0 aliphatic heterocycles. The van der Waals surface area contributed by atoms with Gasteiger partial charge in [-0.1, -0.05) is 57.4 Å². The highest BCUT2D eigenvalue weighted by molar-refractivity contribution is 5.44. The van der Waals surface area contributed by atoms with Gasteiger partial charge in [0.2, 0.25) is 0 Å². The average molecular weight is 298 g/mol. The van der Waals surface area contributed by atoms with Crippen molar-refractivity contribution in [2.24, 2.45) is 0 Å². The van der Waals surface area contributed by atoms with Crippen LogP contribution in [-0.4, -0.2) is 10.2 Å². The van der Waals surface area contributed by atoms with Gasteiger partial charge in [0, 0.05) is 5.41 Å². The summed E-state index contributed by atoms with van der Waals surface area (Å²) in [4.78, 5) is 0. The third-order valence-electron chi connectivity index (χ3n) is 4.43. The van der Waals surface area contributed by atoms with Gasteiger partial charge >= 0.3 is 0 Å². The SMILES string of the molecule is CCCCC(CCC)(c1cccc(O)c1)c1cccc(O)c1. The molecule has 2 nitrogen and oxygen atoms in total. The first-order chi connectivity index (χ1) is 10.6. The Morgan fingerprint density at radius 2 is 1.32 bits per heavy atom. The van der Waals surface area contributed by atoms with Gasteiger partial charge in [-0.15, -0.1) is 0 Å². The van der Waals surface area contributed by atoms with Crippen molar-refractivity contribution in [3.8, 4) is 11.5 Å². The van der Waals surface area contributed by atoms with E-state index in [1.165, 1.54) is 0 Å². The van der Waals surface area contributed by atoms with Crippen LogP contribution in [0.25, 0.3) is 0 Å². The van der Waals surface area contributed by atoms with E-state index in [2.05, 4.69) is 26.0 Å². The van der Waals surface area contributed by atoms with E-state index in [-0.39, 0.29) is 5.41 Å². The second kappa shape index (κ2) is 7.35. The molecule has 0 aliphatic carbocycles. The first-order valence-corrected chi connectivity index (χ1v) is 8.21. The number of aromatic hydroxyl groups is 2. The van der Waals surface area contributed by atoms with Crippen LogP contribution in [0.1, 0.15) is 57.1 Å². The van der Waals surface area contributed by atoms with Gasteiger partial charge in [-0.25, -0.2) is 0 Å². The molecule has 0 bridgehead atoms. The Morgan fingerprint density at radius 1 is 0.773 bits per heavy atom. The third kappa shape index (κ3) is 3.44. The zero-order valence-corrected chi connectivity index (χ0v) is 13.5. The fraction of sp³-hybridized carbons (Fsp3) is 0.400. The molecule has 0 radical (unpaired) electrons. The van der Waals surface area contributed by atoms with Crippen molar-refractivity contribution in [1.29, 1.82) is 0 Å². The molecule has 0 spiro atoms. The van der Waals surface area contributed by atoms with Crippen LogP contribution < -0.4 is 0 Å². The summed E-state index contributed by atoms with van der Waals surface area (Å²) < 4.78 is 0. The van der Waals surface area contributed by atoms with Gasteiger partial charge in [-0.2, -0.15) is 0 Å². The molecular weight excluding hydrogens is 272 g/mol. The molecular formula is C20H26O2. The predicted octanol–water partition coefficient (Wildman–Crippen LogP) is 5.37. The molecule has 0 aliphatic rings. The maximum Gasteiger partial charge on any atom is 0.115 e. The summed E-state index contributed by atoms with van der Waals surface area (Å²) in [5.41, 5.74) is 2.12. The second-order valence-electron chi connectivity index (χ2n) is 6.04. The van der Waals surface area contributed by atoms with Gasteiger partial charge < -0.3 is 10.2 Å². The van der Waals surface area contributed by atoms with Crippen LogP contribution in [0.2, 0.25) is 0 Å². The van der Waals surface area contributed by atoms with E-state index < -0.39 is 0 Å². The van der Waals surface area contributed by atoms with E-state index in [0.717, 1.165) is 43.2 Å². The number of rotatable bonds is 7. The van der Waals surface area contributed by atoms with Crippen LogP contribution >= 0.6 is 0 Å². The van der Waals surface area contributed by atoms with E-state index in [4.69, 9.17) is 0 Å². The van der Waals surface area contributed by atoms with Crippen molar-refractivity contribution >= 4 is 0 Å². The topological polar surface area (TPSA) is 40.5 Å². The number of phenols is 2. The minimum absolute atomic E-state index is 0.151. The van der Waals surface area contributed by atoms with Crippen LogP contribution in [0.3, 0.4) is 0 Å². The Labute approximate surface area is 133 Å². The lowest BCUT2D eigenvalue weighted by Crippen LogP contribution is -2.27. The highest BCUT2D eigenvalue weighted by atomic mass is 16.3. The summed E-state index contributed by atoms with van der Waals surface area (Å²) in [6.45, 7) is 4.38. The van der Waals surface area contributed by atoms with E-state index in [1.807, 2.05) is 24.3 Å². The summed E-state index contributed by atoms with van der Waals surface area (Å²) in [6.07, 6.45) is 5.31. The molecule has 2 aromatic carbocycles.